The lowest BCUT2D eigenvalue weighted by atomic mass is 9.98. The van der Waals surface area contributed by atoms with Crippen LogP contribution >= 0.6 is 0 Å². The minimum absolute atomic E-state index is 0.0655. The van der Waals surface area contributed by atoms with Crippen LogP contribution in [0.1, 0.15) is 63.0 Å². The first-order valence-corrected chi connectivity index (χ1v) is 14.3. The zero-order valence-corrected chi connectivity index (χ0v) is 24.6. The molecule has 7 N–H and O–H groups in total. The summed E-state index contributed by atoms with van der Waals surface area (Å²) in [4.78, 5) is 57.9. The van der Waals surface area contributed by atoms with Crippen LogP contribution in [0, 0.1) is 5.92 Å². The number of carboxylic acid groups (broad SMARTS) is 2. The van der Waals surface area contributed by atoms with Gasteiger partial charge in [0.05, 0.1) is 0 Å². The molecule has 3 rings (SSSR count). The number of alkyl carbamates (subject to hydrolysis) is 1. The quantitative estimate of drug-likeness (QED) is 0.132. The Morgan fingerprint density at radius 1 is 0.930 bits per heavy atom. The predicted molar refractivity (Wildman–Crippen MR) is 160 cm³/mol. The van der Waals surface area contributed by atoms with Crippen LogP contribution in [0.5, 0.6) is 0 Å². The number of amides is 3. The maximum absolute atomic E-state index is 13.2. The van der Waals surface area contributed by atoms with Crippen molar-refractivity contribution in [3.8, 4) is 11.1 Å². The zero-order chi connectivity index (χ0) is 31.8. The summed E-state index contributed by atoms with van der Waals surface area (Å²) in [6.45, 7) is 4.10. The Bertz CT molecular complexity index is 1190. The molecule has 43 heavy (non-hydrogen) atoms. The van der Waals surface area contributed by atoms with Crippen molar-refractivity contribution in [3.63, 3.8) is 0 Å². The number of carbonyl (C=O) groups excluding carboxylic acids is 3. The Balaban J connectivity index is 0.00000206. The van der Waals surface area contributed by atoms with Crippen molar-refractivity contribution in [1.29, 1.82) is 0 Å². The third-order valence-electron chi connectivity index (χ3n) is 7.01. The number of hydrogen-bond acceptors (Lipinski definition) is 7. The number of fused-ring (bicyclic) bond motifs is 3. The van der Waals surface area contributed by atoms with E-state index >= 15 is 0 Å². The summed E-state index contributed by atoms with van der Waals surface area (Å²) in [7, 11) is 0. The van der Waals surface area contributed by atoms with Gasteiger partial charge in [-0.1, -0.05) is 62.4 Å². The molecular weight excluding hydrogens is 556 g/mol. The molecule has 0 fully saturated rings. The lowest BCUT2D eigenvalue weighted by Gasteiger charge is -2.25. The van der Waals surface area contributed by atoms with E-state index in [-0.39, 0.29) is 44.3 Å². The van der Waals surface area contributed by atoms with Crippen molar-refractivity contribution in [2.75, 3.05) is 19.7 Å². The van der Waals surface area contributed by atoms with Crippen LogP contribution < -0.4 is 21.7 Å². The van der Waals surface area contributed by atoms with Crippen molar-refractivity contribution in [2.45, 2.75) is 64.0 Å². The molecule has 0 radical (unpaired) electrons. The van der Waals surface area contributed by atoms with Gasteiger partial charge in [-0.05, 0) is 60.4 Å². The molecule has 2 aromatic rings. The molecule has 1 aliphatic rings. The van der Waals surface area contributed by atoms with Gasteiger partial charge in [0.1, 0.15) is 18.7 Å². The van der Waals surface area contributed by atoms with Gasteiger partial charge in [0.15, 0.2) is 0 Å². The van der Waals surface area contributed by atoms with Crippen LogP contribution in [0.25, 0.3) is 11.1 Å². The van der Waals surface area contributed by atoms with Crippen LogP contribution in [0.15, 0.2) is 48.5 Å². The maximum atomic E-state index is 13.2. The Hall–Kier alpha value is -4.45. The lowest BCUT2D eigenvalue weighted by molar-refractivity contribution is -0.137. The summed E-state index contributed by atoms with van der Waals surface area (Å²) in [5.41, 5.74) is 10.00. The first-order valence-electron chi connectivity index (χ1n) is 14.3. The number of nitrogens with two attached hydrogens (primary N) is 1. The molecule has 12 heteroatoms. The lowest BCUT2D eigenvalue weighted by Crippen LogP contribution is -2.55. The predicted octanol–water partition coefficient (Wildman–Crippen LogP) is 2.85. The van der Waals surface area contributed by atoms with Gasteiger partial charge >= 0.3 is 12.1 Å². The number of nitrogens with one attached hydrogen (secondary N) is 3. The molecule has 0 spiro atoms. The number of ether oxygens (including phenoxy) is 1. The number of benzene rings is 2. The van der Waals surface area contributed by atoms with Gasteiger partial charge in [-0.15, -0.1) is 0 Å². The SMILES string of the molecule is CC(C)[C@H](NC(=O)OCC1c2ccccc2-c2ccccc21)C(=O)N[C@@H](CCCCN)C(=O)NCCCC(=O)O.O=CO. The van der Waals surface area contributed by atoms with E-state index in [0.29, 0.717) is 25.8 Å². The summed E-state index contributed by atoms with van der Waals surface area (Å²) in [5.74, 6) is -2.23. The Morgan fingerprint density at radius 3 is 2.05 bits per heavy atom. The van der Waals surface area contributed by atoms with Gasteiger partial charge in [-0.2, -0.15) is 0 Å². The fourth-order valence-electron chi connectivity index (χ4n) is 4.90. The van der Waals surface area contributed by atoms with E-state index in [9.17, 15) is 19.2 Å². The normalized spacial score (nSPS) is 12.9. The van der Waals surface area contributed by atoms with Gasteiger partial charge in [0.2, 0.25) is 11.8 Å². The maximum Gasteiger partial charge on any atom is 0.407 e. The second kappa shape index (κ2) is 18.2. The van der Waals surface area contributed by atoms with Crippen LogP contribution in [-0.2, 0) is 23.9 Å². The fraction of sp³-hybridized carbons (Fsp3) is 0.452. The molecule has 2 aromatic carbocycles. The van der Waals surface area contributed by atoms with E-state index in [2.05, 4.69) is 28.1 Å². The first kappa shape index (κ1) is 34.7. The molecule has 0 saturated heterocycles. The van der Waals surface area contributed by atoms with Crippen molar-refractivity contribution >= 4 is 30.3 Å². The molecular formula is C31H42N4O8. The summed E-state index contributed by atoms with van der Waals surface area (Å²) in [6, 6.07) is 14.3. The highest BCUT2D eigenvalue weighted by Crippen LogP contribution is 2.44. The monoisotopic (exact) mass is 598 g/mol. The smallest absolute Gasteiger partial charge is 0.407 e. The average Bonchev–Trinajstić information content (AvgIpc) is 3.30. The van der Waals surface area contributed by atoms with E-state index in [1.165, 1.54) is 0 Å². The second-order valence-electron chi connectivity index (χ2n) is 10.4. The fourth-order valence-corrected chi connectivity index (χ4v) is 4.90. The third-order valence-corrected chi connectivity index (χ3v) is 7.01. The number of carbonyl (C=O) groups is 5. The van der Waals surface area contributed by atoms with Crippen LogP contribution in [0.3, 0.4) is 0 Å². The highest BCUT2D eigenvalue weighted by Gasteiger charge is 2.31. The van der Waals surface area contributed by atoms with Crippen molar-refractivity contribution in [3.05, 3.63) is 59.7 Å². The van der Waals surface area contributed by atoms with E-state index in [1.807, 2.05) is 36.4 Å². The largest absolute Gasteiger partial charge is 0.483 e. The minimum atomic E-state index is -0.943. The van der Waals surface area contributed by atoms with Gasteiger partial charge in [0, 0.05) is 18.9 Å². The molecule has 0 bridgehead atoms. The molecule has 234 valence electrons. The van der Waals surface area contributed by atoms with E-state index < -0.39 is 36.0 Å². The molecule has 0 aromatic heterocycles. The number of unbranched alkanes of at least 4 members (excludes halogenated alkanes) is 1. The molecule has 3 amide bonds. The minimum Gasteiger partial charge on any atom is -0.483 e. The van der Waals surface area contributed by atoms with Crippen molar-refractivity contribution in [2.24, 2.45) is 11.7 Å². The van der Waals surface area contributed by atoms with E-state index in [4.69, 9.17) is 25.5 Å². The Kier molecular flexibility index (Phi) is 14.7. The zero-order valence-electron chi connectivity index (χ0n) is 24.6. The molecule has 0 heterocycles. The summed E-state index contributed by atoms with van der Waals surface area (Å²) in [6.07, 6.45) is 1.17. The first-order chi connectivity index (χ1) is 20.6. The summed E-state index contributed by atoms with van der Waals surface area (Å²) in [5, 5.41) is 23.8. The number of carboxylic acids is 1. The summed E-state index contributed by atoms with van der Waals surface area (Å²) < 4.78 is 5.62. The standard InChI is InChI=1S/C30H40N4O6.CH2O2/c1-19(2)27(29(38)33-25(14-7-8-16-31)28(37)32-17-9-15-26(35)36)34-30(39)40-18-24-22-12-5-3-10-20(22)21-11-4-6-13-23(21)24;2-1-3/h3-6,10-13,19,24-25,27H,7-9,14-18,31H2,1-2H3,(H,32,37)(H,33,38)(H,34,39)(H,35,36);1H,(H,2,3)/t25-,27-;/m0./s1. The van der Waals surface area contributed by atoms with Crippen LogP contribution in [-0.4, -0.2) is 72.3 Å². The number of aliphatic carboxylic acids is 1. The Morgan fingerprint density at radius 2 is 1.51 bits per heavy atom. The van der Waals surface area contributed by atoms with Gasteiger partial charge in [-0.25, -0.2) is 4.79 Å². The van der Waals surface area contributed by atoms with Crippen molar-refractivity contribution < 1.29 is 38.9 Å². The van der Waals surface area contributed by atoms with Crippen molar-refractivity contribution in [1.82, 2.24) is 16.0 Å². The number of hydrogen-bond donors (Lipinski definition) is 6. The Labute approximate surface area is 251 Å². The molecule has 12 nitrogen and oxygen atoms in total. The number of rotatable bonds is 15. The average molecular weight is 599 g/mol. The van der Waals surface area contributed by atoms with Gasteiger partial charge < -0.3 is 36.6 Å². The van der Waals surface area contributed by atoms with E-state index in [0.717, 1.165) is 22.3 Å². The second-order valence-corrected chi connectivity index (χ2v) is 10.4. The summed E-state index contributed by atoms with van der Waals surface area (Å²) >= 11 is 0. The van der Waals surface area contributed by atoms with Gasteiger partial charge in [0.25, 0.3) is 6.47 Å². The highest BCUT2D eigenvalue weighted by molar-refractivity contribution is 5.91. The van der Waals surface area contributed by atoms with Gasteiger partial charge in [-0.3, -0.25) is 19.2 Å². The van der Waals surface area contributed by atoms with Crippen LogP contribution in [0.2, 0.25) is 0 Å². The molecule has 0 unspecified atom stereocenters. The van der Waals surface area contributed by atoms with E-state index in [1.54, 1.807) is 13.8 Å². The molecule has 0 aliphatic heterocycles. The third kappa shape index (κ3) is 10.7. The highest BCUT2D eigenvalue weighted by atomic mass is 16.5. The molecule has 0 saturated carbocycles. The molecule has 2 atom stereocenters. The molecule has 1 aliphatic carbocycles. The topological polar surface area (TPSA) is 197 Å². The van der Waals surface area contributed by atoms with Crippen LogP contribution in [0.4, 0.5) is 4.79 Å².